The number of anilines is 1. The maximum atomic E-state index is 6.04. The van der Waals surface area contributed by atoms with E-state index in [2.05, 4.69) is 26.2 Å². The highest BCUT2D eigenvalue weighted by molar-refractivity contribution is 9.10. The molecule has 1 heterocycles. The fourth-order valence-corrected chi connectivity index (χ4v) is 1.92. The molecule has 88 valence electrons. The highest BCUT2D eigenvalue weighted by Gasteiger charge is 2.01. The van der Waals surface area contributed by atoms with Crippen LogP contribution in [0.1, 0.15) is 5.69 Å². The lowest BCUT2D eigenvalue weighted by Gasteiger charge is -2.08. The van der Waals surface area contributed by atoms with Gasteiger partial charge in [-0.3, -0.25) is 4.98 Å². The van der Waals surface area contributed by atoms with Gasteiger partial charge in [0, 0.05) is 15.7 Å². The molecule has 0 fully saturated rings. The molecule has 2 nitrogen and oxygen atoms in total. The number of hydrogen-bond acceptors (Lipinski definition) is 2. The predicted molar refractivity (Wildman–Crippen MR) is 75.7 cm³/mol. The fraction of sp³-hybridized carbons (Fsp3) is 0.0833. The molecule has 1 N–H and O–H groups in total. The summed E-state index contributed by atoms with van der Waals surface area (Å²) < 4.78 is 0.960. The minimum absolute atomic E-state index is 0.605. The van der Waals surface area contributed by atoms with Gasteiger partial charge >= 0.3 is 0 Å². The first-order valence-corrected chi connectivity index (χ1v) is 6.49. The lowest BCUT2D eigenvalue weighted by Crippen LogP contribution is -2.01. The molecular weight excluding hydrogens is 323 g/mol. The molecule has 0 unspecified atom stereocenters. The SMILES string of the molecule is Clc1ccc(Cl)c(NCc2ccc(Br)cn2)c1. The van der Waals surface area contributed by atoms with Crippen molar-refractivity contribution in [3.8, 4) is 0 Å². The summed E-state index contributed by atoms with van der Waals surface area (Å²) in [6, 6.07) is 9.20. The van der Waals surface area contributed by atoms with Gasteiger partial charge in [-0.25, -0.2) is 0 Å². The second kappa shape index (κ2) is 5.71. The number of hydrogen-bond donors (Lipinski definition) is 1. The average Bonchev–Trinajstić information content (AvgIpc) is 2.32. The van der Waals surface area contributed by atoms with Crippen LogP contribution in [0.25, 0.3) is 0 Å². The van der Waals surface area contributed by atoms with E-state index in [1.165, 1.54) is 0 Å². The molecule has 1 aromatic heterocycles. The van der Waals surface area contributed by atoms with Crippen molar-refractivity contribution < 1.29 is 0 Å². The summed E-state index contributed by atoms with van der Waals surface area (Å²) in [7, 11) is 0. The molecule has 0 saturated carbocycles. The van der Waals surface area contributed by atoms with Crippen LogP contribution in [0.2, 0.25) is 10.0 Å². The van der Waals surface area contributed by atoms with Crippen molar-refractivity contribution in [2.75, 3.05) is 5.32 Å². The molecule has 0 aliphatic rings. The molecule has 0 aliphatic heterocycles. The van der Waals surface area contributed by atoms with Crippen LogP contribution in [0.5, 0.6) is 0 Å². The molecule has 0 bridgehead atoms. The third kappa shape index (κ3) is 3.60. The normalized spacial score (nSPS) is 10.3. The Morgan fingerprint density at radius 1 is 1.18 bits per heavy atom. The molecule has 1 aromatic carbocycles. The van der Waals surface area contributed by atoms with Gasteiger partial charge in [-0.1, -0.05) is 23.2 Å². The van der Waals surface area contributed by atoms with Gasteiger partial charge in [0.15, 0.2) is 0 Å². The Bertz CT molecular complexity index is 514. The molecule has 0 atom stereocenters. The standard InChI is InChI=1S/C12H9BrCl2N2/c13-8-1-3-10(16-6-8)7-17-12-5-9(14)2-4-11(12)15/h1-6,17H,7H2. The quantitative estimate of drug-likeness (QED) is 0.876. The van der Waals surface area contributed by atoms with Crippen LogP contribution >= 0.6 is 39.1 Å². The molecule has 0 amide bonds. The van der Waals surface area contributed by atoms with Crippen molar-refractivity contribution in [1.29, 1.82) is 0 Å². The third-order valence-corrected chi connectivity index (χ3v) is 3.21. The molecule has 2 aromatic rings. The maximum absolute atomic E-state index is 6.04. The van der Waals surface area contributed by atoms with Crippen LogP contribution in [0.15, 0.2) is 41.0 Å². The van der Waals surface area contributed by atoms with E-state index in [0.29, 0.717) is 16.6 Å². The van der Waals surface area contributed by atoms with E-state index in [1.807, 2.05) is 12.1 Å². The summed E-state index contributed by atoms with van der Waals surface area (Å²) in [5.74, 6) is 0. The minimum Gasteiger partial charge on any atom is -0.378 e. The Labute approximate surface area is 118 Å². The van der Waals surface area contributed by atoms with E-state index < -0.39 is 0 Å². The second-order valence-corrected chi connectivity index (χ2v) is 5.20. The number of nitrogens with zero attached hydrogens (tertiary/aromatic N) is 1. The highest BCUT2D eigenvalue weighted by Crippen LogP contribution is 2.25. The Morgan fingerprint density at radius 3 is 2.71 bits per heavy atom. The van der Waals surface area contributed by atoms with Gasteiger partial charge in [-0.05, 0) is 46.3 Å². The van der Waals surface area contributed by atoms with Gasteiger partial charge < -0.3 is 5.32 Å². The number of benzene rings is 1. The number of rotatable bonds is 3. The van der Waals surface area contributed by atoms with Crippen LogP contribution in [0.4, 0.5) is 5.69 Å². The summed E-state index contributed by atoms with van der Waals surface area (Å²) in [6.07, 6.45) is 1.76. The van der Waals surface area contributed by atoms with Crippen molar-refractivity contribution in [3.63, 3.8) is 0 Å². The van der Waals surface area contributed by atoms with Crippen molar-refractivity contribution in [3.05, 3.63) is 56.7 Å². The fourth-order valence-electron chi connectivity index (χ4n) is 1.33. The van der Waals surface area contributed by atoms with Gasteiger partial charge in [0.25, 0.3) is 0 Å². The van der Waals surface area contributed by atoms with E-state index >= 15 is 0 Å². The van der Waals surface area contributed by atoms with Crippen LogP contribution in [0.3, 0.4) is 0 Å². The lowest BCUT2D eigenvalue weighted by atomic mass is 10.3. The molecule has 0 aliphatic carbocycles. The first-order valence-electron chi connectivity index (χ1n) is 4.94. The largest absolute Gasteiger partial charge is 0.378 e. The van der Waals surface area contributed by atoms with Gasteiger partial charge in [0.2, 0.25) is 0 Å². The maximum Gasteiger partial charge on any atom is 0.0638 e. The van der Waals surface area contributed by atoms with Crippen molar-refractivity contribution in [1.82, 2.24) is 4.98 Å². The molecule has 0 saturated heterocycles. The molecule has 5 heteroatoms. The summed E-state index contributed by atoms with van der Waals surface area (Å²) in [6.45, 7) is 0.605. The van der Waals surface area contributed by atoms with Crippen molar-refractivity contribution >= 4 is 44.8 Å². The average molecular weight is 332 g/mol. The van der Waals surface area contributed by atoms with Gasteiger partial charge in [-0.2, -0.15) is 0 Å². The highest BCUT2D eigenvalue weighted by atomic mass is 79.9. The zero-order valence-corrected chi connectivity index (χ0v) is 11.9. The molecule has 17 heavy (non-hydrogen) atoms. The molecule has 2 rings (SSSR count). The number of pyridine rings is 1. The number of nitrogens with one attached hydrogen (secondary N) is 1. The Balaban J connectivity index is 2.07. The summed E-state index contributed by atoms with van der Waals surface area (Å²) in [5, 5.41) is 4.49. The van der Waals surface area contributed by atoms with E-state index in [0.717, 1.165) is 15.9 Å². The third-order valence-electron chi connectivity index (χ3n) is 2.18. The van der Waals surface area contributed by atoms with E-state index in [4.69, 9.17) is 23.2 Å². The first-order chi connectivity index (χ1) is 8.15. The van der Waals surface area contributed by atoms with Crippen LogP contribution < -0.4 is 5.32 Å². The summed E-state index contributed by atoms with van der Waals surface area (Å²) in [5.41, 5.74) is 1.74. The Kier molecular flexibility index (Phi) is 4.26. The van der Waals surface area contributed by atoms with Gasteiger partial charge in [0.05, 0.1) is 22.9 Å². The van der Waals surface area contributed by atoms with Crippen LogP contribution in [-0.4, -0.2) is 4.98 Å². The predicted octanol–water partition coefficient (Wildman–Crippen LogP) is 4.76. The van der Waals surface area contributed by atoms with Crippen LogP contribution in [-0.2, 0) is 6.54 Å². The van der Waals surface area contributed by atoms with E-state index in [1.54, 1.807) is 24.4 Å². The topological polar surface area (TPSA) is 24.9 Å². The smallest absolute Gasteiger partial charge is 0.0638 e. The molecular formula is C12H9BrCl2N2. The van der Waals surface area contributed by atoms with E-state index in [9.17, 15) is 0 Å². The Hall–Kier alpha value is -0.770. The molecule has 0 radical (unpaired) electrons. The number of aromatic nitrogens is 1. The van der Waals surface area contributed by atoms with Gasteiger partial charge in [0.1, 0.15) is 0 Å². The Morgan fingerprint density at radius 2 is 2.00 bits per heavy atom. The minimum atomic E-state index is 0.605. The van der Waals surface area contributed by atoms with Crippen molar-refractivity contribution in [2.24, 2.45) is 0 Å². The van der Waals surface area contributed by atoms with Crippen LogP contribution in [0, 0.1) is 0 Å². The summed E-state index contributed by atoms with van der Waals surface area (Å²) in [4.78, 5) is 4.26. The van der Waals surface area contributed by atoms with Crippen molar-refractivity contribution in [2.45, 2.75) is 6.54 Å². The second-order valence-electron chi connectivity index (χ2n) is 3.45. The zero-order chi connectivity index (χ0) is 12.3. The lowest BCUT2D eigenvalue weighted by molar-refractivity contribution is 1.04. The van der Waals surface area contributed by atoms with Gasteiger partial charge in [-0.15, -0.1) is 0 Å². The van der Waals surface area contributed by atoms with E-state index in [-0.39, 0.29) is 0 Å². The summed E-state index contributed by atoms with van der Waals surface area (Å²) >= 11 is 15.3. The monoisotopic (exact) mass is 330 g/mol. The zero-order valence-electron chi connectivity index (χ0n) is 8.75. The number of halogens is 3. The first kappa shape index (κ1) is 12.7. The molecule has 0 spiro atoms.